The predicted octanol–water partition coefficient (Wildman–Crippen LogP) is 3.03. The second-order valence-corrected chi connectivity index (χ2v) is 6.41. The predicted molar refractivity (Wildman–Crippen MR) is 93.5 cm³/mol. The Balaban J connectivity index is 1.81. The third-order valence-corrected chi connectivity index (χ3v) is 4.28. The van der Waals surface area contributed by atoms with Crippen molar-refractivity contribution in [2.24, 2.45) is 0 Å². The Morgan fingerprint density at radius 1 is 1.12 bits per heavy atom. The molecule has 0 bridgehead atoms. The maximum absolute atomic E-state index is 12.0. The Bertz CT molecular complexity index is 715. The van der Waals surface area contributed by atoms with Crippen molar-refractivity contribution in [3.05, 3.63) is 29.3 Å². The summed E-state index contributed by atoms with van der Waals surface area (Å²) in [5.41, 5.74) is 0.580. The standard InChI is InChI=1S/C16H20N4O3S/c1-10(2)15-19-20-16(24-15)18-14(22)9-8-13(21)17-11-6-4-5-7-12(11)23-3/h4-7,10H,8-9H2,1-3H3,(H,17,21)(H,18,20,22). The Morgan fingerprint density at radius 2 is 1.79 bits per heavy atom. The lowest BCUT2D eigenvalue weighted by molar-refractivity contribution is -0.121. The Hall–Kier alpha value is -2.48. The summed E-state index contributed by atoms with van der Waals surface area (Å²) < 4.78 is 5.16. The summed E-state index contributed by atoms with van der Waals surface area (Å²) in [6, 6.07) is 7.11. The van der Waals surface area contributed by atoms with E-state index >= 15 is 0 Å². The van der Waals surface area contributed by atoms with Crippen molar-refractivity contribution in [1.82, 2.24) is 10.2 Å². The van der Waals surface area contributed by atoms with Gasteiger partial charge in [0.15, 0.2) is 0 Å². The minimum absolute atomic E-state index is 0.0670. The largest absolute Gasteiger partial charge is 0.495 e. The van der Waals surface area contributed by atoms with Crippen molar-refractivity contribution >= 4 is 34.0 Å². The van der Waals surface area contributed by atoms with E-state index in [-0.39, 0.29) is 30.6 Å². The van der Waals surface area contributed by atoms with Crippen LogP contribution in [0.4, 0.5) is 10.8 Å². The average Bonchev–Trinajstić information content (AvgIpc) is 3.02. The fourth-order valence-corrected chi connectivity index (χ4v) is 2.65. The number of nitrogens with zero attached hydrogens (tertiary/aromatic N) is 2. The van der Waals surface area contributed by atoms with Gasteiger partial charge in [0.05, 0.1) is 12.8 Å². The highest BCUT2D eigenvalue weighted by Gasteiger charge is 2.13. The number of rotatable bonds is 7. The zero-order valence-electron chi connectivity index (χ0n) is 13.8. The third kappa shape index (κ3) is 5.02. The summed E-state index contributed by atoms with van der Waals surface area (Å²) in [5, 5.41) is 14.6. The summed E-state index contributed by atoms with van der Waals surface area (Å²) >= 11 is 1.34. The number of hydrogen-bond donors (Lipinski definition) is 2. The molecule has 0 unspecified atom stereocenters. The molecular formula is C16H20N4O3S. The monoisotopic (exact) mass is 348 g/mol. The summed E-state index contributed by atoms with van der Waals surface area (Å²) in [4.78, 5) is 23.9. The van der Waals surface area contributed by atoms with Crippen LogP contribution in [0.15, 0.2) is 24.3 Å². The summed E-state index contributed by atoms with van der Waals surface area (Å²) in [6.45, 7) is 4.02. The van der Waals surface area contributed by atoms with Gasteiger partial charge in [-0.05, 0) is 12.1 Å². The van der Waals surface area contributed by atoms with E-state index < -0.39 is 0 Å². The van der Waals surface area contributed by atoms with Gasteiger partial charge in [-0.3, -0.25) is 9.59 Å². The number of benzene rings is 1. The van der Waals surface area contributed by atoms with Crippen LogP contribution >= 0.6 is 11.3 Å². The van der Waals surface area contributed by atoms with E-state index in [0.717, 1.165) is 5.01 Å². The molecule has 0 radical (unpaired) electrons. The minimum Gasteiger partial charge on any atom is -0.495 e. The Kier molecular flexibility index (Phi) is 6.25. The van der Waals surface area contributed by atoms with Gasteiger partial charge in [-0.15, -0.1) is 10.2 Å². The molecule has 0 saturated carbocycles. The molecule has 0 aliphatic rings. The van der Waals surface area contributed by atoms with Gasteiger partial charge in [-0.2, -0.15) is 0 Å². The van der Waals surface area contributed by atoms with Crippen LogP contribution in [0.25, 0.3) is 0 Å². The van der Waals surface area contributed by atoms with Gasteiger partial charge in [-0.25, -0.2) is 0 Å². The van der Waals surface area contributed by atoms with Crippen LogP contribution in [0.3, 0.4) is 0 Å². The molecule has 0 saturated heterocycles. The van der Waals surface area contributed by atoms with Crippen molar-refractivity contribution < 1.29 is 14.3 Å². The lowest BCUT2D eigenvalue weighted by Gasteiger charge is -2.09. The van der Waals surface area contributed by atoms with Crippen LogP contribution in [-0.2, 0) is 9.59 Å². The van der Waals surface area contributed by atoms with Gasteiger partial charge >= 0.3 is 0 Å². The minimum atomic E-state index is -0.267. The van der Waals surface area contributed by atoms with E-state index in [4.69, 9.17) is 4.74 Å². The molecular weight excluding hydrogens is 328 g/mol. The molecule has 0 spiro atoms. The number of nitrogens with one attached hydrogen (secondary N) is 2. The first-order valence-electron chi connectivity index (χ1n) is 7.55. The lowest BCUT2D eigenvalue weighted by Crippen LogP contribution is -2.17. The molecule has 0 aliphatic carbocycles. The van der Waals surface area contributed by atoms with Crippen molar-refractivity contribution in [2.45, 2.75) is 32.6 Å². The number of aromatic nitrogens is 2. The topological polar surface area (TPSA) is 93.2 Å². The van der Waals surface area contributed by atoms with Crippen LogP contribution in [0.1, 0.15) is 37.6 Å². The highest BCUT2D eigenvalue weighted by atomic mass is 32.1. The van der Waals surface area contributed by atoms with Gasteiger partial charge in [0.25, 0.3) is 0 Å². The van der Waals surface area contributed by atoms with Gasteiger partial charge in [-0.1, -0.05) is 37.3 Å². The molecule has 1 aromatic carbocycles. The number of hydrogen-bond acceptors (Lipinski definition) is 6. The normalized spacial score (nSPS) is 10.5. The number of carbonyl (C=O) groups excluding carboxylic acids is 2. The van der Waals surface area contributed by atoms with E-state index in [1.807, 2.05) is 19.9 Å². The first kappa shape index (κ1) is 17.9. The van der Waals surface area contributed by atoms with E-state index in [2.05, 4.69) is 20.8 Å². The lowest BCUT2D eigenvalue weighted by atomic mass is 10.2. The van der Waals surface area contributed by atoms with Gasteiger partial charge < -0.3 is 15.4 Å². The van der Waals surface area contributed by atoms with E-state index in [9.17, 15) is 9.59 Å². The number of amides is 2. The summed E-state index contributed by atoms with van der Waals surface area (Å²) in [6.07, 6.45) is 0.136. The Morgan fingerprint density at radius 3 is 2.42 bits per heavy atom. The van der Waals surface area contributed by atoms with E-state index in [0.29, 0.717) is 16.6 Å². The molecule has 8 heteroatoms. The number of methoxy groups -OCH3 is 1. The fraction of sp³-hybridized carbons (Fsp3) is 0.375. The molecule has 2 aromatic rings. The van der Waals surface area contributed by atoms with Gasteiger partial charge in [0, 0.05) is 18.8 Å². The average molecular weight is 348 g/mol. The van der Waals surface area contributed by atoms with Crippen molar-refractivity contribution in [3.63, 3.8) is 0 Å². The molecule has 2 rings (SSSR count). The van der Waals surface area contributed by atoms with Gasteiger partial charge in [0.1, 0.15) is 10.8 Å². The maximum atomic E-state index is 12.0. The van der Waals surface area contributed by atoms with Crippen LogP contribution in [0, 0.1) is 0 Å². The first-order valence-corrected chi connectivity index (χ1v) is 8.37. The molecule has 0 atom stereocenters. The number of carbonyl (C=O) groups is 2. The number of anilines is 2. The zero-order valence-corrected chi connectivity index (χ0v) is 14.6. The third-order valence-electron chi connectivity index (χ3n) is 3.14. The second kappa shape index (κ2) is 8.39. The molecule has 1 aromatic heterocycles. The molecule has 2 N–H and O–H groups in total. The van der Waals surface area contributed by atoms with Crippen LogP contribution in [0.5, 0.6) is 5.75 Å². The van der Waals surface area contributed by atoms with E-state index in [1.165, 1.54) is 18.4 Å². The SMILES string of the molecule is COc1ccccc1NC(=O)CCC(=O)Nc1nnc(C(C)C)s1. The quantitative estimate of drug-likeness (QED) is 0.802. The molecule has 2 amide bonds. The first-order chi connectivity index (χ1) is 11.5. The summed E-state index contributed by atoms with van der Waals surface area (Å²) in [5.74, 6) is 0.316. The highest BCUT2D eigenvalue weighted by molar-refractivity contribution is 7.15. The molecule has 7 nitrogen and oxygen atoms in total. The van der Waals surface area contributed by atoms with Crippen molar-refractivity contribution in [3.8, 4) is 5.75 Å². The molecule has 1 heterocycles. The molecule has 128 valence electrons. The van der Waals surface area contributed by atoms with E-state index in [1.54, 1.807) is 18.2 Å². The number of ether oxygens (including phenoxy) is 1. The van der Waals surface area contributed by atoms with Crippen LogP contribution < -0.4 is 15.4 Å². The van der Waals surface area contributed by atoms with Gasteiger partial charge in [0.2, 0.25) is 16.9 Å². The van der Waals surface area contributed by atoms with Crippen LogP contribution in [0.2, 0.25) is 0 Å². The maximum Gasteiger partial charge on any atom is 0.226 e. The van der Waals surface area contributed by atoms with Crippen molar-refractivity contribution in [2.75, 3.05) is 17.7 Å². The van der Waals surface area contributed by atoms with Crippen molar-refractivity contribution in [1.29, 1.82) is 0 Å². The zero-order chi connectivity index (χ0) is 17.5. The Labute approximate surface area is 144 Å². The second-order valence-electron chi connectivity index (χ2n) is 5.40. The molecule has 0 fully saturated rings. The smallest absolute Gasteiger partial charge is 0.226 e. The van der Waals surface area contributed by atoms with Crippen LogP contribution in [-0.4, -0.2) is 29.1 Å². The number of para-hydroxylation sites is 2. The molecule has 0 aliphatic heterocycles. The molecule has 24 heavy (non-hydrogen) atoms. The highest BCUT2D eigenvalue weighted by Crippen LogP contribution is 2.24. The fourth-order valence-electron chi connectivity index (χ4n) is 1.89. The summed E-state index contributed by atoms with van der Waals surface area (Å²) in [7, 11) is 1.53.